The Hall–Kier alpha value is -2.99. The lowest BCUT2D eigenvalue weighted by Crippen LogP contribution is -2.36. The Morgan fingerprint density at radius 1 is 1.03 bits per heavy atom. The second-order valence-corrected chi connectivity index (χ2v) is 7.38. The number of benzene rings is 2. The molecule has 0 atom stereocenters. The van der Waals surface area contributed by atoms with Gasteiger partial charge in [0.15, 0.2) is 0 Å². The number of hydrogen-bond donors (Lipinski definition) is 2. The molecule has 6 heteroatoms. The van der Waals surface area contributed by atoms with Crippen molar-refractivity contribution in [1.82, 2.24) is 9.97 Å². The fourth-order valence-electron chi connectivity index (χ4n) is 3.58. The summed E-state index contributed by atoms with van der Waals surface area (Å²) in [7, 11) is 0. The highest BCUT2D eigenvalue weighted by Gasteiger charge is 2.19. The molecule has 1 saturated heterocycles. The van der Waals surface area contributed by atoms with Gasteiger partial charge in [-0.25, -0.2) is 14.4 Å². The summed E-state index contributed by atoms with van der Waals surface area (Å²) in [6.45, 7) is 1.85. The van der Waals surface area contributed by atoms with Crippen LogP contribution in [0.4, 0.5) is 15.9 Å². The van der Waals surface area contributed by atoms with Crippen LogP contribution in [0.25, 0.3) is 0 Å². The lowest BCUT2D eigenvalue weighted by atomic mass is 10.1. The van der Waals surface area contributed by atoms with Crippen LogP contribution in [-0.2, 0) is 13.0 Å². The fourth-order valence-corrected chi connectivity index (χ4v) is 3.58. The largest absolute Gasteiger partial charge is 0.393 e. The molecule has 29 heavy (non-hydrogen) atoms. The number of anilines is 2. The zero-order valence-electron chi connectivity index (χ0n) is 16.3. The molecule has 0 radical (unpaired) electrons. The van der Waals surface area contributed by atoms with Crippen molar-refractivity contribution < 1.29 is 9.50 Å². The summed E-state index contributed by atoms with van der Waals surface area (Å²) in [6.07, 6.45) is 3.51. The predicted molar refractivity (Wildman–Crippen MR) is 112 cm³/mol. The number of aromatic nitrogens is 2. The van der Waals surface area contributed by atoms with Crippen LogP contribution in [0.15, 0.2) is 60.8 Å². The summed E-state index contributed by atoms with van der Waals surface area (Å²) in [5.74, 6) is 1.24. The molecule has 1 fully saturated rings. The van der Waals surface area contributed by atoms with Gasteiger partial charge in [-0.3, -0.25) is 0 Å². The van der Waals surface area contributed by atoms with E-state index in [1.165, 1.54) is 0 Å². The number of halogens is 1. The minimum Gasteiger partial charge on any atom is -0.393 e. The summed E-state index contributed by atoms with van der Waals surface area (Å²) >= 11 is 0. The van der Waals surface area contributed by atoms with E-state index in [4.69, 9.17) is 0 Å². The smallest absolute Gasteiger partial charge is 0.146 e. The monoisotopic (exact) mass is 392 g/mol. The Morgan fingerprint density at radius 2 is 1.83 bits per heavy atom. The lowest BCUT2D eigenvalue weighted by Gasteiger charge is -2.31. The second kappa shape index (κ2) is 9.01. The first kappa shape index (κ1) is 19.3. The Bertz CT molecular complexity index is 943. The van der Waals surface area contributed by atoms with Gasteiger partial charge < -0.3 is 15.3 Å². The molecule has 0 bridgehead atoms. The van der Waals surface area contributed by atoms with E-state index in [2.05, 4.69) is 27.4 Å². The van der Waals surface area contributed by atoms with Crippen LogP contribution >= 0.6 is 0 Å². The molecule has 0 saturated carbocycles. The molecule has 2 heterocycles. The average Bonchev–Trinajstić information content (AvgIpc) is 2.74. The Balaban J connectivity index is 1.38. The summed E-state index contributed by atoms with van der Waals surface area (Å²) in [4.78, 5) is 10.9. The van der Waals surface area contributed by atoms with Gasteiger partial charge in [-0.2, -0.15) is 0 Å². The molecule has 0 amide bonds. The van der Waals surface area contributed by atoms with Crippen molar-refractivity contribution in [3.05, 3.63) is 83.6 Å². The summed E-state index contributed by atoms with van der Waals surface area (Å²) in [5.41, 5.74) is 2.62. The second-order valence-electron chi connectivity index (χ2n) is 7.38. The molecule has 0 unspecified atom stereocenters. The standard InChI is InChI=1S/C23H25FN4O/c24-20-14-18(6-7-21(20)28-12-9-19(29)10-13-28)16-26-22-8-11-25-23(27-22)15-17-4-2-1-3-5-17/h1-8,11,14,19,29H,9-10,12-13,15-16H2,(H,25,26,27). The predicted octanol–water partition coefficient (Wildman–Crippen LogP) is 3.78. The first-order valence-corrected chi connectivity index (χ1v) is 9.98. The number of piperidine rings is 1. The van der Waals surface area contributed by atoms with Gasteiger partial charge in [-0.1, -0.05) is 36.4 Å². The van der Waals surface area contributed by atoms with Gasteiger partial charge in [0.25, 0.3) is 0 Å². The van der Waals surface area contributed by atoms with E-state index >= 15 is 0 Å². The maximum Gasteiger partial charge on any atom is 0.146 e. The molecule has 1 aliphatic heterocycles. The van der Waals surface area contributed by atoms with E-state index < -0.39 is 0 Å². The van der Waals surface area contributed by atoms with Crippen LogP contribution in [0.3, 0.4) is 0 Å². The normalized spacial score (nSPS) is 14.8. The molecule has 3 aromatic rings. The third-order valence-electron chi connectivity index (χ3n) is 5.20. The van der Waals surface area contributed by atoms with Gasteiger partial charge in [0.2, 0.25) is 0 Å². The number of rotatable bonds is 6. The van der Waals surface area contributed by atoms with Gasteiger partial charge in [0, 0.05) is 32.3 Å². The van der Waals surface area contributed by atoms with Crippen molar-refractivity contribution in [2.45, 2.75) is 31.9 Å². The minimum absolute atomic E-state index is 0.229. The fraction of sp³-hybridized carbons (Fsp3) is 0.304. The zero-order valence-corrected chi connectivity index (χ0v) is 16.3. The van der Waals surface area contributed by atoms with E-state index in [0.717, 1.165) is 22.8 Å². The molecule has 1 aromatic heterocycles. The third kappa shape index (κ3) is 5.09. The molecular weight excluding hydrogens is 367 g/mol. The Labute approximate surface area is 170 Å². The van der Waals surface area contributed by atoms with Crippen molar-refractivity contribution in [2.75, 3.05) is 23.3 Å². The van der Waals surface area contributed by atoms with E-state index in [1.807, 2.05) is 41.3 Å². The first-order chi connectivity index (χ1) is 14.2. The van der Waals surface area contributed by atoms with Gasteiger partial charge >= 0.3 is 0 Å². The number of aliphatic hydroxyl groups excluding tert-OH is 1. The van der Waals surface area contributed by atoms with Gasteiger partial charge in [0.1, 0.15) is 17.5 Å². The van der Waals surface area contributed by atoms with Crippen molar-refractivity contribution >= 4 is 11.5 Å². The van der Waals surface area contributed by atoms with E-state index in [0.29, 0.717) is 44.6 Å². The van der Waals surface area contributed by atoms with Crippen LogP contribution in [0, 0.1) is 5.82 Å². The molecule has 0 aliphatic carbocycles. The lowest BCUT2D eigenvalue weighted by molar-refractivity contribution is 0.145. The summed E-state index contributed by atoms with van der Waals surface area (Å²) in [6, 6.07) is 17.2. The first-order valence-electron chi connectivity index (χ1n) is 9.98. The maximum atomic E-state index is 14.6. The molecule has 0 spiro atoms. The van der Waals surface area contributed by atoms with Gasteiger partial charge in [-0.05, 0) is 42.2 Å². The van der Waals surface area contributed by atoms with Crippen molar-refractivity contribution in [3.63, 3.8) is 0 Å². The van der Waals surface area contributed by atoms with E-state index in [1.54, 1.807) is 12.3 Å². The van der Waals surface area contributed by atoms with Crippen molar-refractivity contribution in [2.24, 2.45) is 0 Å². The Morgan fingerprint density at radius 3 is 2.59 bits per heavy atom. The highest BCUT2D eigenvalue weighted by Crippen LogP contribution is 2.24. The summed E-state index contributed by atoms with van der Waals surface area (Å²) < 4.78 is 14.6. The third-order valence-corrected chi connectivity index (χ3v) is 5.20. The number of nitrogens with zero attached hydrogens (tertiary/aromatic N) is 3. The van der Waals surface area contributed by atoms with Crippen LogP contribution in [-0.4, -0.2) is 34.3 Å². The molecule has 5 nitrogen and oxygen atoms in total. The highest BCUT2D eigenvalue weighted by molar-refractivity contribution is 5.50. The SMILES string of the molecule is OC1CCN(c2ccc(CNc3ccnc(Cc4ccccc4)n3)cc2F)CC1. The van der Waals surface area contributed by atoms with Crippen LogP contribution in [0.1, 0.15) is 29.8 Å². The Kier molecular flexibility index (Phi) is 6.00. The van der Waals surface area contributed by atoms with Crippen LogP contribution in [0.2, 0.25) is 0 Å². The van der Waals surface area contributed by atoms with Gasteiger partial charge in [0.05, 0.1) is 11.8 Å². The van der Waals surface area contributed by atoms with E-state index in [-0.39, 0.29) is 11.9 Å². The quantitative estimate of drug-likeness (QED) is 0.669. The summed E-state index contributed by atoms with van der Waals surface area (Å²) in [5, 5.41) is 12.9. The number of aliphatic hydroxyl groups is 1. The topological polar surface area (TPSA) is 61.3 Å². The molecule has 150 valence electrons. The van der Waals surface area contributed by atoms with Crippen LogP contribution in [0.5, 0.6) is 0 Å². The molecule has 1 aliphatic rings. The van der Waals surface area contributed by atoms with E-state index in [9.17, 15) is 9.50 Å². The molecule has 4 rings (SSSR count). The minimum atomic E-state index is -0.266. The van der Waals surface area contributed by atoms with Crippen LogP contribution < -0.4 is 10.2 Å². The van der Waals surface area contributed by atoms with Crippen molar-refractivity contribution in [3.8, 4) is 0 Å². The molecular formula is C23H25FN4O. The highest BCUT2D eigenvalue weighted by atomic mass is 19.1. The van der Waals surface area contributed by atoms with Gasteiger partial charge in [-0.15, -0.1) is 0 Å². The maximum absolute atomic E-state index is 14.6. The molecule has 2 aromatic carbocycles. The van der Waals surface area contributed by atoms with Crippen molar-refractivity contribution in [1.29, 1.82) is 0 Å². The average molecular weight is 392 g/mol. The molecule has 2 N–H and O–H groups in total. The number of hydrogen-bond acceptors (Lipinski definition) is 5. The number of nitrogens with one attached hydrogen (secondary N) is 1. The zero-order chi connectivity index (χ0) is 20.1.